The monoisotopic (exact) mass is 526 g/mol. The zero-order valence-electron chi connectivity index (χ0n) is 22.5. The largest absolute Gasteiger partial charge is 0.445 e. The number of ether oxygens (including phenoxy) is 1. The van der Waals surface area contributed by atoms with E-state index in [-0.39, 0.29) is 18.6 Å². The number of H-pyrrole nitrogens is 1. The van der Waals surface area contributed by atoms with E-state index in [9.17, 15) is 9.59 Å². The van der Waals surface area contributed by atoms with Gasteiger partial charge in [0.15, 0.2) is 0 Å². The van der Waals surface area contributed by atoms with Crippen molar-refractivity contribution in [2.75, 3.05) is 12.4 Å². The fraction of sp³-hybridized carbons (Fsp3) is 0.333. The number of aryl methyl sites for hydroxylation is 1. The number of benzene rings is 2. The first-order valence-electron chi connectivity index (χ1n) is 13.2. The summed E-state index contributed by atoms with van der Waals surface area (Å²) in [5.41, 5.74) is 4.18. The Bertz CT molecular complexity index is 1470. The Morgan fingerprint density at radius 1 is 1.10 bits per heavy atom. The number of anilines is 1. The maximum Gasteiger partial charge on any atom is 0.408 e. The van der Waals surface area contributed by atoms with Crippen molar-refractivity contribution in [2.24, 2.45) is 0 Å². The van der Waals surface area contributed by atoms with E-state index in [2.05, 4.69) is 38.6 Å². The molecule has 2 aromatic carbocycles. The molecule has 1 unspecified atom stereocenters. The topological polar surface area (TPSA) is 112 Å². The van der Waals surface area contributed by atoms with Crippen LogP contribution in [0.5, 0.6) is 0 Å². The van der Waals surface area contributed by atoms with Crippen LogP contribution in [0.25, 0.3) is 11.0 Å². The predicted molar refractivity (Wildman–Crippen MR) is 150 cm³/mol. The number of nitrogens with zero attached hydrogens (tertiary/aromatic N) is 3. The number of pyridine rings is 1. The van der Waals surface area contributed by atoms with Gasteiger partial charge in [-0.15, -0.1) is 0 Å². The fourth-order valence-electron chi connectivity index (χ4n) is 4.97. The Morgan fingerprint density at radius 2 is 1.92 bits per heavy atom. The number of hydrogen-bond acceptors (Lipinski definition) is 6. The number of rotatable bonds is 8. The highest BCUT2D eigenvalue weighted by atomic mass is 16.5. The van der Waals surface area contributed by atoms with Gasteiger partial charge in [-0.1, -0.05) is 42.5 Å². The second kappa shape index (κ2) is 11.2. The van der Waals surface area contributed by atoms with Crippen LogP contribution >= 0.6 is 0 Å². The molecule has 4 aromatic rings. The minimum absolute atomic E-state index is 0.122. The van der Waals surface area contributed by atoms with Gasteiger partial charge >= 0.3 is 6.09 Å². The first kappa shape index (κ1) is 26.4. The maximum absolute atomic E-state index is 13.2. The standard InChI is InChI=1S/C30H34N6O3/c1-30(2,35-29(38)39-19-20-10-5-4-6-11-20)28(37)33-23-15-8-14-22-27(23)34-25(32-22)18-36(3)24-16-7-12-21-13-9-17-31-26(21)24/h4-6,8-11,13-15,17,24H,7,12,16,18-19H2,1-3H3,(H,32,34)(H,33,37)(H,35,38). The van der Waals surface area contributed by atoms with Crippen molar-refractivity contribution in [1.82, 2.24) is 25.2 Å². The quantitative estimate of drug-likeness (QED) is 0.294. The molecule has 0 saturated heterocycles. The van der Waals surface area contributed by atoms with Crippen LogP contribution in [0, 0.1) is 0 Å². The van der Waals surface area contributed by atoms with E-state index in [1.807, 2.05) is 54.7 Å². The molecule has 1 aliphatic carbocycles. The second-order valence-electron chi connectivity index (χ2n) is 10.5. The lowest BCUT2D eigenvalue weighted by atomic mass is 9.91. The number of carbonyl (C=O) groups is 2. The van der Waals surface area contributed by atoms with Gasteiger partial charge in [0.25, 0.3) is 0 Å². The molecule has 202 valence electrons. The molecule has 5 rings (SSSR count). The van der Waals surface area contributed by atoms with Crippen LogP contribution in [-0.4, -0.2) is 44.4 Å². The molecule has 1 atom stereocenters. The molecule has 0 radical (unpaired) electrons. The molecule has 3 N–H and O–H groups in total. The summed E-state index contributed by atoms with van der Waals surface area (Å²) in [6.45, 7) is 4.00. The number of fused-ring (bicyclic) bond motifs is 2. The third-order valence-electron chi connectivity index (χ3n) is 7.10. The summed E-state index contributed by atoms with van der Waals surface area (Å²) in [4.78, 5) is 40.7. The highest BCUT2D eigenvalue weighted by Gasteiger charge is 2.31. The van der Waals surface area contributed by atoms with E-state index >= 15 is 0 Å². The lowest BCUT2D eigenvalue weighted by molar-refractivity contribution is -0.121. The molecule has 1 aliphatic rings. The summed E-state index contributed by atoms with van der Waals surface area (Å²) >= 11 is 0. The average molecular weight is 527 g/mol. The summed E-state index contributed by atoms with van der Waals surface area (Å²) in [7, 11) is 2.09. The van der Waals surface area contributed by atoms with Crippen molar-refractivity contribution < 1.29 is 14.3 Å². The van der Waals surface area contributed by atoms with Gasteiger partial charge < -0.3 is 20.4 Å². The number of aromatic nitrogens is 3. The molecule has 9 heteroatoms. The van der Waals surface area contributed by atoms with Crippen molar-refractivity contribution >= 4 is 28.7 Å². The van der Waals surface area contributed by atoms with Crippen molar-refractivity contribution in [2.45, 2.75) is 57.8 Å². The van der Waals surface area contributed by atoms with Crippen molar-refractivity contribution in [3.8, 4) is 0 Å². The Morgan fingerprint density at radius 3 is 2.74 bits per heavy atom. The third kappa shape index (κ3) is 6.09. The second-order valence-corrected chi connectivity index (χ2v) is 10.5. The minimum Gasteiger partial charge on any atom is -0.445 e. The molecule has 0 fully saturated rings. The van der Waals surface area contributed by atoms with Gasteiger partial charge in [0.2, 0.25) is 5.91 Å². The van der Waals surface area contributed by atoms with Crippen LogP contribution in [0.2, 0.25) is 0 Å². The zero-order valence-corrected chi connectivity index (χ0v) is 22.5. The van der Waals surface area contributed by atoms with Crippen LogP contribution in [0.15, 0.2) is 66.9 Å². The normalized spacial score (nSPS) is 15.1. The fourth-order valence-corrected chi connectivity index (χ4v) is 4.97. The number of para-hydroxylation sites is 1. The summed E-state index contributed by atoms with van der Waals surface area (Å²) in [6, 6.07) is 19.4. The Hall–Kier alpha value is -4.24. The SMILES string of the molecule is CN(Cc1nc2c(NC(=O)C(C)(C)NC(=O)OCc3ccccc3)cccc2[nH]1)C1CCCc2cccnc21. The molecule has 2 heterocycles. The van der Waals surface area contributed by atoms with Crippen molar-refractivity contribution in [3.05, 3.63) is 89.5 Å². The number of hydrogen-bond donors (Lipinski definition) is 3. The van der Waals surface area contributed by atoms with Crippen LogP contribution in [0.1, 0.15) is 55.4 Å². The lowest BCUT2D eigenvalue weighted by Crippen LogP contribution is -2.52. The average Bonchev–Trinajstić information content (AvgIpc) is 3.35. The Kier molecular flexibility index (Phi) is 7.60. The van der Waals surface area contributed by atoms with Gasteiger partial charge in [-0.25, -0.2) is 9.78 Å². The summed E-state index contributed by atoms with van der Waals surface area (Å²) in [5.74, 6) is 0.428. The van der Waals surface area contributed by atoms with Gasteiger partial charge in [-0.2, -0.15) is 0 Å². The lowest BCUT2D eigenvalue weighted by Gasteiger charge is -2.31. The van der Waals surface area contributed by atoms with Crippen LogP contribution < -0.4 is 10.6 Å². The van der Waals surface area contributed by atoms with Gasteiger partial charge in [-0.3, -0.25) is 14.7 Å². The summed E-state index contributed by atoms with van der Waals surface area (Å²) < 4.78 is 5.29. The molecule has 0 spiro atoms. The highest BCUT2D eigenvalue weighted by molar-refractivity contribution is 6.04. The van der Waals surface area contributed by atoms with Crippen LogP contribution in [-0.2, 0) is 29.1 Å². The molecule has 39 heavy (non-hydrogen) atoms. The van der Waals surface area contributed by atoms with Gasteiger partial charge in [0.1, 0.15) is 23.5 Å². The number of nitrogens with one attached hydrogen (secondary N) is 3. The first-order chi connectivity index (χ1) is 18.8. The van der Waals surface area contributed by atoms with E-state index in [4.69, 9.17) is 9.72 Å². The van der Waals surface area contributed by atoms with E-state index in [0.717, 1.165) is 41.9 Å². The number of carbonyl (C=O) groups excluding carboxylic acids is 2. The Labute approximate surface area is 228 Å². The van der Waals surface area contributed by atoms with E-state index < -0.39 is 11.6 Å². The molecule has 0 bridgehead atoms. The first-order valence-corrected chi connectivity index (χ1v) is 13.2. The maximum atomic E-state index is 13.2. The molecule has 0 saturated carbocycles. The smallest absolute Gasteiger partial charge is 0.408 e. The molecular weight excluding hydrogens is 492 g/mol. The van der Waals surface area contributed by atoms with Gasteiger partial charge in [0.05, 0.1) is 29.5 Å². The number of alkyl carbamates (subject to hydrolysis) is 1. The predicted octanol–water partition coefficient (Wildman–Crippen LogP) is 5.11. The Balaban J connectivity index is 1.24. The van der Waals surface area contributed by atoms with E-state index in [1.54, 1.807) is 19.9 Å². The van der Waals surface area contributed by atoms with Crippen LogP contribution in [0.3, 0.4) is 0 Å². The summed E-state index contributed by atoms with van der Waals surface area (Å²) in [5, 5.41) is 5.59. The molecule has 0 aliphatic heterocycles. The number of aromatic amines is 1. The number of imidazole rings is 1. The van der Waals surface area contributed by atoms with Gasteiger partial charge in [-0.05, 0) is 69.5 Å². The molecule has 2 aromatic heterocycles. The van der Waals surface area contributed by atoms with E-state index in [0.29, 0.717) is 17.7 Å². The van der Waals surface area contributed by atoms with Gasteiger partial charge in [0, 0.05) is 6.20 Å². The van der Waals surface area contributed by atoms with E-state index in [1.165, 1.54) is 5.56 Å². The summed E-state index contributed by atoms with van der Waals surface area (Å²) in [6.07, 6.45) is 4.45. The molecule has 9 nitrogen and oxygen atoms in total. The van der Waals surface area contributed by atoms with Crippen molar-refractivity contribution in [1.29, 1.82) is 0 Å². The molecular formula is C30H34N6O3. The highest BCUT2D eigenvalue weighted by Crippen LogP contribution is 2.33. The zero-order chi connectivity index (χ0) is 27.4. The number of amides is 2. The minimum atomic E-state index is -1.21. The van der Waals surface area contributed by atoms with Crippen molar-refractivity contribution in [3.63, 3.8) is 0 Å². The van der Waals surface area contributed by atoms with Crippen LogP contribution in [0.4, 0.5) is 10.5 Å². The third-order valence-corrected chi connectivity index (χ3v) is 7.10. The molecule has 2 amide bonds.